The van der Waals surface area contributed by atoms with E-state index in [1.807, 2.05) is 54.6 Å². The van der Waals surface area contributed by atoms with Gasteiger partial charge in [-0.05, 0) is 27.5 Å². The highest BCUT2D eigenvalue weighted by Crippen LogP contribution is 2.36. The van der Waals surface area contributed by atoms with Crippen LogP contribution in [0.3, 0.4) is 0 Å². The Hall–Kier alpha value is -3.03. The summed E-state index contributed by atoms with van der Waals surface area (Å²) in [6.07, 6.45) is 1.93. The van der Waals surface area contributed by atoms with Gasteiger partial charge in [0.1, 0.15) is 12.2 Å². The van der Waals surface area contributed by atoms with Gasteiger partial charge >= 0.3 is 5.97 Å². The van der Waals surface area contributed by atoms with E-state index >= 15 is 0 Å². The van der Waals surface area contributed by atoms with Crippen LogP contribution in [0.5, 0.6) is 0 Å². The maximum atomic E-state index is 12.5. The van der Waals surface area contributed by atoms with Crippen LogP contribution in [0, 0.1) is 0 Å². The first-order chi connectivity index (χ1) is 17.3. The zero-order valence-electron chi connectivity index (χ0n) is 21.2. The van der Waals surface area contributed by atoms with Crippen molar-refractivity contribution in [1.82, 2.24) is 0 Å². The molecule has 0 heterocycles. The van der Waals surface area contributed by atoms with Crippen molar-refractivity contribution in [2.45, 2.75) is 44.4 Å². The second-order valence-electron chi connectivity index (χ2n) is 9.74. The molecular weight excluding hydrogens is 468 g/mol. The average molecular weight is 505 g/mol. The summed E-state index contributed by atoms with van der Waals surface area (Å²) >= 11 is 0. The first kappa shape index (κ1) is 27.6. The third-order valence-electron chi connectivity index (χ3n) is 6.23. The number of carbonyl (C=O) groups is 1. The fourth-order valence-electron chi connectivity index (χ4n) is 4.41. The van der Waals surface area contributed by atoms with Crippen molar-refractivity contribution in [3.05, 3.63) is 109 Å². The molecule has 2 atom stereocenters. The number of esters is 1. The lowest BCUT2D eigenvalue weighted by atomic mass is 10.1. The highest BCUT2D eigenvalue weighted by Gasteiger charge is 2.49. The third kappa shape index (κ3) is 6.59. The van der Waals surface area contributed by atoms with E-state index in [1.54, 1.807) is 24.3 Å². The van der Waals surface area contributed by atoms with Gasteiger partial charge in [0.2, 0.25) is 0 Å². The van der Waals surface area contributed by atoms with Crippen molar-refractivity contribution in [2.75, 3.05) is 13.2 Å². The maximum absolute atomic E-state index is 12.5. The van der Waals surface area contributed by atoms with Gasteiger partial charge in [-0.3, -0.25) is 0 Å². The van der Waals surface area contributed by atoms with Crippen molar-refractivity contribution in [3.8, 4) is 0 Å². The minimum Gasteiger partial charge on any atom is -0.456 e. The molecular formula is C30H36O5Si. The average Bonchev–Trinajstić information content (AvgIpc) is 2.90. The molecule has 3 aromatic rings. The fourth-order valence-corrected chi connectivity index (χ4v) is 8.92. The number of ether oxygens (including phenoxy) is 1. The zero-order valence-corrected chi connectivity index (χ0v) is 22.2. The summed E-state index contributed by atoms with van der Waals surface area (Å²) in [5.41, 5.74) is 0.395. The van der Waals surface area contributed by atoms with Crippen molar-refractivity contribution >= 4 is 24.7 Å². The molecule has 3 rings (SSSR count). The van der Waals surface area contributed by atoms with Crippen LogP contribution in [0.15, 0.2) is 103 Å². The van der Waals surface area contributed by atoms with Gasteiger partial charge < -0.3 is 19.4 Å². The van der Waals surface area contributed by atoms with E-state index in [4.69, 9.17) is 9.16 Å². The van der Waals surface area contributed by atoms with Crippen LogP contribution in [-0.2, 0) is 9.16 Å². The summed E-state index contributed by atoms with van der Waals surface area (Å²) < 4.78 is 12.3. The standard InChI is InChI=1S/C30H36O5Si/c1-30(2,3)36(25-17-9-5-10-18-25,26-19-11-6-12-20-26)34-22-14-13-21-28(27(32)23-31)35-29(33)24-15-7-4-8-16-24/h4-20,27-28,31-32H,21-23H2,1-3H3/b14-13+/t27-,28+/m0/s1. The van der Waals surface area contributed by atoms with E-state index < -0.39 is 33.1 Å². The van der Waals surface area contributed by atoms with Gasteiger partial charge in [-0.25, -0.2) is 4.79 Å². The number of aliphatic hydroxyl groups is 2. The number of aliphatic hydroxyl groups excluding tert-OH is 2. The Morgan fingerprint density at radius 3 is 1.83 bits per heavy atom. The number of hydrogen-bond donors (Lipinski definition) is 2. The van der Waals surface area contributed by atoms with Crippen LogP contribution in [0.2, 0.25) is 5.04 Å². The molecule has 190 valence electrons. The largest absolute Gasteiger partial charge is 0.456 e. The SMILES string of the molecule is CC(C)(C)[Si](OC/C=C/C[C@@H](OC(=O)c1ccccc1)[C@@H](O)CO)(c1ccccc1)c1ccccc1. The van der Waals surface area contributed by atoms with Crippen molar-refractivity contribution in [1.29, 1.82) is 0 Å². The molecule has 0 unspecified atom stereocenters. The van der Waals surface area contributed by atoms with E-state index in [0.717, 1.165) is 0 Å². The molecule has 0 spiro atoms. The maximum Gasteiger partial charge on any atom is 0.338 e. The molecule has 0 aliphatic heterocycles. The molecule has 0 amide bonds. The lowest BCUT2D eigenvalue weighted by Crippen LogP contribution is -2.66. The van der Waals surface area contributed by atoms with Gasteiger partial charge in [0.25, 0.3) is 8.32 Å². The predicted octanol–water partition coefficient (Wildman–Crippen LogP) is 4.09. The normalized spacial score (nSPS) is 13.9. The van der Waals surface area contributed by atoms with E-state index in [1.165, 1.54) is 10.4 Å². The molecule has 5 nitrogen and oxygen atoms in total. The Bertz CT molecular complexity index is 1050. The van der Waals surface area contributed by atoms with Crippen molar-refractivity contribution < 1.29 is 24.2 Å². The Kier molecular flexibility index (Phi) is 9.78. The quantitative estimate of drug-likeness (QED) is 0.234. The molecule has 0 saturated carbocycles. The fraction of sp³-hybridized carbons (Fsp3) is 0.300. The molecule has 0 fully saturated rings. The molecule has 0 aliphatic carbocycles. The van der Waals surface area contributed by atoms with Crippen molar-refractivity contribution in [3.63, 3.8) is 0 Å². The van der Waals surface area contributed by atoms with Crippen LogP contribution in [0.4, 0.5) is 0 Å². The lowest BCUT2D eigenvalue weighted by Gasteiger charge is -2.42. The van der Waals surface area contributed by atoms with Crippen LogP contribution in [-0.4, -0.2) is 49.9 Å². The zero-order chi connectivity index (χ0) is 26.0. The van der Waals surface area contributed by atoms with Crippen molar-refractivity contribution in [2.24, 2.45) is 0 Å². The molecule has 6 heteroatoms. The molecule has 36 heavy (non-hydrogen) atoms. The van der Waals surface area contributed by atoms with E-state index in [-0.39, 0.29) is 11.5 Å². The van der Waals surface area contributed by atoms with Gasteiger partial charge in [0, 0.05) is 6.42 Å². The van der Waals surface area contributed by atoms with Crippen LogP contribution in [0.25, 0.3) is 0 Å². The Morgan fingerprint density at radius 1 is 0.861 bits per heavy atom. The lowest BCUT2D eigenvalue weighted by molar-refractivity contribution is -0.0356. The van der Waals surface area contributed by atoms with Gasteiger partial charge in [-0.1, -0.05) is 112 Å². The Labute approximate surface area is 215 Å². The highest BCUT2D eigenvalue weighted by molar-refractivity contribution is 6.99. The van der Waals surface area contributed by atoms with E-state index in [2.05, 4.69) is 45.0 Å². The van der Waals surface area contributed by atoms with Gasteiger partial charge in [-0.15, -0.1) is 0 Å². The molecule has 2 N–H and O–H groups in total. The van der Waals surface area contributed by atoms with Gasteiger partial charge in [0.15, 0.2) is 0 Å². The summed E-state index contributed by atoms with van der Waals surface area (Å²) in [7, 11) is -2.65. The van der Waals surface area contributed by atoms with Gasteiger partial charge in [-0.2, -0.15) is 0 Å². The minimum atomic E-state index is -2.65. The monoisotopic (exact) mass is 504 g/mol. The topological polar surface area (TPSA) is 76.0 Å². The summed E-state index contributed by atoms with van der Waals surface area (Å²) in [6.45, 7) is 6.53. The second-order valence-corrected chi connectivity index (χ2v) is 14.0. The number of benzene rings is 3. The van der Waals surface area contributed by atoms with Crippen LogP contribution >= 0.6 is 0 Å². The first-order valence-electron chi connectivity index (χ1n) is 12.2. The Balaban J connectivity index is 1.77. The molecule has 3 aromatic carbocycles. The number of carbonyl (C=O) groups excluding carboxylic acids is 1. The molecule has 0 radical (unpaired) electrons. The number of rotatable bonds is 11. The van der Waals surface area contributed by atoms with Gasteiger partial charge in [0.05, 0.1) is 18.8 Å². The number of hydrogen-bond acceptors (Lipinski definition) is 5. The molecule has 0 aromatic heterocycles. The smallest absolute Gasteiger partial charge is 0.338 e. The summed E-state index contributed by atoms with van der Waals surface area (Å²) in [4.78, 5) is 12.5. The Morgan fingerprint density at radius 2 is 1.36 bits per heavy atom. The minimum absolute atomic E-state index is 0.135. The van der Waals surface area contributed by atoms with Crippen LogP contribution < -0.4 is 10.4 Å². The van der Waals surface area contributed by atoms with E-state index in [0.29, 0.717) is 12.2 Å². The molecule has 0 bridgehead atoms. The first-order valence-corrected chi connectivity index (χ1v) is 14.2. The molecule has 0 saturated heterocycles. The predicted molar refractivity (Wildman–Crippen MR) is 146 cm³/mol. The van der Waals surface area contributed by atoms with Crippen LogP contribution in [0.1, 0.15) is 37.6 Å². The second kappa shape index (κ2) is 12.8. The highest BCUT2D eigenvalue weighted by atomic mass is 28.4. The van der Waals surface area contributed by atoms with E-state index in [9.17, 15) is 15.0 Å². The summed E-state index contributed by atoms with van der Waals surface area (Å²) in [5.74, 6) is -0.537. The molecule has 0 aliphatic rings. The summed E-state index contributed by atoms with van der Waals surface area (Å²) in [5, 5.41) is 21.9. The third-order valence-corrected chi connectivity index (χ3v) is 11.2. The summed E-state index contributed by atoms with van der Waals surface area (Å²) in [6, 6.07) is 29.4.